The first-order chi connectivity index (χ1) is 28.7. The minimum absolute atomic E-state index is 0.0951. The number of aliphatic hydroxyl groups is 2. The smallest absolute Gasteiger partial charge is 0.462 e. The topological polar surface area (TPSA) is 149 Å². The van der Waals surface area contributed by atoms with E-state index in [-0.39, 0.29) is 19.4 Å². The molecule has 0 aromatic rings. The predicted octanol–water partition coefficient (Wildman–Crippen LogP) is 12.0. The van der Waals surface area contributed by atoms with Gasteiger partial charge in [-0.2, -0.15) is 0 Å². The van der Waals surface area contributed by atoms with Gasteiger partial charge in [-0.15, -0.1) is 0 Å². The number of phosphoric acid groups is 1. The van der Waals surface area contributed by atoms with Gasteiger partial charge in [-0.25, -0.2) is 4.57 Å². The monoisotopic (exact) mass is 847 g/mol. The van der Waals surface area contributed by atoms with Crippen molar-refractivity contribution in [2.45, 2.75) is 167 Å². The quantitative estimate of drug-likeness (QED) is 0.0235. The molecule has 0 fully saturated rings. The molecule has 336 valence electrons. The molecule has 11 heteroatoms. The lowest BCUT2D eigenvalue weighted by molar-refractivity contribution is -0.161. The summed E-state index contributed by atoms with van der Waals surface area (Å²) in [5.74, 6) is -1.04. The van der Waals surface area contributed by atoms with Crippen molar-refractivity contribution in [3.05, 3.63) is 97.2 Å². The van der Waals surface area contributed by atoms with E-state index in [0.717, 1.165) is 64.2 Å². The summed E-state index contributed by atoms with van der Waals surface area (Å²) in [6.45, 7) is 2.20. The maximum atomic E-state index is 12.6. The zero-order valence-corrected chi connectivity index (χ0v) is 37.3. The molecule has 59 heavy (non-hydrogen) atoms. The van der Waals surface area contributed by atoms with Crippen LogP contribution >= 0.6 is 7.82 Å². The molecule has 0 amide bonds. The van der Waals surface area contributed by atoms with Gasteiger partial charge in [-0.3, -0.25) is 18.6 Å². The van der Waals surface area contributed by atoms with Crippen LogP contribution in [-0.4, -0.2) is 65.7 Å². The van der Waals surface area contributed by atoms with Crippen molar-refractivity contribution in [3.63, 3.8) is 0 Å². The number of aliphatic hydroxyl groups excluding tert-OH is 2. The third-order valence-corrected chi connectivity index (χ3v) is 9.66. The molecule has 0 aliphatic carbocycles. The molecular weight excluding hydrogens is 767 g/mol. The second-order valence-electron chi connectivity index (χ2n) is 14.4. The second-order valence-corrected chi connectivity index (χ2v) is 15.8. The summed E-state index contributed by atoms with van der Waals surface area (Å²) in [5, 5.41) is 18.3. The predicted molar refractivity (Wildman–Crippen MR) is 242 cm³/mol. The molecule has 0 radical (unpaired) electrons. The first kappa shape index (κ1) is 55.9. The molecule has 0 saturated heterocycles. The molecular formula is C48H79O10P. The number of phosphoric ester groups is 1. The van der Waals surface area contributed by atoms with Crippen LogP contribution in [0.25, 0.3) is 0 Å². The fourth-order valence-corrected chi connectivity index (χ4v) is 6.05. The van der Waals surface area contributed by atoms with E-state index in [1.54, 1.807) is 0 Å². The van der Waals surface area contributed by atoms with E-state index in [2.05, 4.69) is 103 Å². The summed E-state index contributed by atoms with van der Waals surface area (Å²) in [5.41, 5.74) is 0. The molecule has 0 aliphatic heterocycles. The Labute approximate surface area is 357 Å². The van der Waals surface area contributed by atoms with Crippen molar-refractivity contribution in [2.75, 3.05) is 26.4 Å². The average molecular weight is 847 g/mol. The normalized spacial score (nSPS) is 14.7. The minimum Gasteiger partial charge on any atom is -0.462 e. The first-order valence-corrected chi connectivity index (χ1v) is 23.7. The number of ether oxygens (including phenoxy) is 2. The Balaban J connectivity index is 4.46. The van der Waals surface area contributed by atoms with Crippen LogP contribution in [0.15, 0.2) is 97.2 Å². The highest BCUT2D eigenvalue weighted by Gasteiger charge is 2.27. The van der Waals surface area contributed by atoms with Crippen molar-refractivity contribution in [3.8, 4) is 0 Å². The Morgan fingerprint density at radius 3 is 1.34 bits per heavy atom. The Morgan fingerprint density at radius 2 is 0.898 bits per heavy atom. The Hall–Kier alpha value is -3.11. The van der Waals surface area contributed by atoms with Crippen molar-refractivity contribution in [1.29, 1.82) is 0 Å². The van der Waals surface area contributed by atoms with E-state index >= 15 is 0 Å². The van der Waals surface area contributed by atoms with Crippen LogP contribution in [0.3, 0.4) is 0 Å². The van der Waals surface area contributed by atoms with Gasteiger partial charge in [0.1, 0.15) is 12.7 Å². The van der Waals surface area contributed by atoms with Gasteiger partial charge in [0.15, 0.2) is 6.10 Å². The van der Waals surface area contributed by atoms with Crippen LogP contribution in [0, 0.1) is 0 Å². The zero-order chi connectivity index (χ0) is 43.3. The number of hydrogen-bond donors (Lipinski definition) is 3. The van der Waals surface area contributed by atoms with Gasteiger partial charge in [0, 0.05) is 12.8 Å². The van der Waals surface area contributed by atoms with E-state index in [0.29, 0.717) is 19.3 Å². The Kier molecular flexibility index (Phi) is 40.7. The Bertz CT molecular complexity index is 1300. The summed E-state index contributed by atoms with van der Waals surface area (Å²) in [6, 6.07) is 0. The molecule has 0 bridgehead atoms. The van der Waals surface area contributed by atoms with Gasteiger partial charge >= 0.3 is 19.8 Å². The van der Waals surface area contributed by atoms with Crippen LogP contribution in [0.1, 0.15) is 155 Å². The number of carbonyl (C=O) groups is 2. The van der Waals surface area contributed by atoms with E-state index < -0.39 is 51.8 Å². The van der Waals surface area contributed by atoms with Gasteiger partial charge in [0.2, 0.25) is 0 Å². The van der Waals surface area contributed by atoms with Gasteiger partial charge in [0.25, 0.3) is 0 Å². The van der Waals surface area contributed by atoms with Crippen molar-refractivity contribution in [2.24, 2.45) is 0 Å². The van der Waals surface area contributed by atoms with Crippen LogP contribution in [0.5, 0.6) is 0 Å². The summed E-state index contributed by atoms with van der Waals surface area (Å²) in [4.78, 5) is 35.0. The van der Waals surface area contributed by atoms with Crippen molar-refractivity contribution >= 4 is 19.8 Å². The summed E-state index contributed by atoms with van der Waals surface area (Å²) < 4.78 is 32.6. The minimum atomic E-state index is -4.65. The fraction of sp³-hybridized carbons (Fsp3) is 0.625. The number of allylic oxidation sites excluding steroid dienone is 16. The molecule has 0 aromatic carbocycles. The fourth-order valence-electron chi connectivity index (χ4n) is 5.26. The molecule has 0 aliphatic rings. The molecule has 1 unspecified atom stereocenters. The molecule has 3 N–H and O–H groups in total. The molecule has 0 saturated carbocycles. The number of carbonyl (C=O) groups excluding carboxylic acids is 2. The number of hydrogen-bond acceptors (Lipinski definition) is 9. The van der Waals surface area contributed by atoms with Crippen LogP contribution in [0.2, 0.25) is 0 Å². The molecule has 0 spiro atoms. The molecule has 10 nitrogen and oxygen atoms in total. The second kappa shape index (κ2) is 43.0. The highest BCUT2D eigenvalue weighted by Crippen LogP contribution is 2.43. The summed E-state index contributed by atoms with van der Waals surface area (Å²) in [6.07, 6.45) is 52.3. The van der Waals surface area contributed by atoms with Crippen LogP contribution in [-0.2, 0) is 32.7 Å². The lowest BCUT2D eigenvalue weighted by Crippen LogP contribution is -2.29. The maximum Gasteiger partial charge on any atom is 0.472 e. The number of rotatable bonds is 40. The highest BCUT2D eigenvalue weighted by atomic mass is 31.2. The van der Waals surface area contributed by atoms with Crippen molar-refractivity contribution in [1.82, 2.24) is 0 Å². The number of esters is 2. The van der Waals surface area contributed by atoms with E-state index in [1.807, 2.05) is 12.2 Å². The van der Waals surface area contributed by atoms with E-state index in [9.17, 15) is 24.2 Å². The third-order valence-electron chi connectivity index (χ3n) is 8.71. The van der Waals surface area contributed by atoms with Gasteiger partial charge < -0.3 is 24.6 Å². The molecule has 0 aromatic heterocycles. The van der Waals surface area contributed by atoms with Gasteiger partial charge in [0.05, 0.1) is 19.8 Å². The van der Waals surface area contributed by atoms with Gasteiger partial charge in [-0.1, -0.05) is 143 Å². The van der Waals surface area contributed by atoms with Crippen LogP contribution < -0.4 is 0 Å². The summed E-state index contributed by atoms with van der Waals surface area (Å²) >= 11 is 0. The SMILES string of the molecule is CCCCC/C=C/C/C=C/C/C=C/C/C=C/CCCCCC(=O)OC[C@H](COP(=O)(O)OC[C@@H](O)CO)OC(=O)CCC/C=C/C/C=C/C/C=C/C/C=C/CCCCC. The lowest BCUT2D eigenvalue weighted by Gasteiger charge is -2.20. The standard InChI is InChI=1S/C48H79O10P/c1-3-5-7-9-11-13-15-17-19-21-22-24-25-27-29-31-33-35-37-39-47(51)55-43-46(44-57-59(53,54)56-42-45(50)41-49)58-48(52)40-38-36-34-32-30-28-26-23-20-18-16-14-12-10-8-6-4-2/h11-14,17-20,22,24,26-29,32,34,45-46,49-50H,3-10,15-16,21,23,25,30-31,33,35-44H2,1-2H3,(H,53,54)/b13-11+,14-12+,19-17+,20-18+,24-22+,28-26+,29-27+,34-32+/t45-,46+/m0/s1. The average Bonchev–Trinajstić information content (AvgIpc) is 3.22. The highest BCUT2D eigenvalue weighted by molar-refractivity contribution is 7.47. The lowest BCUT2D eigenvalue weighted by atomic mass is 10.1. The largest absolute Gasteiger partial charge is 0.472 e. The van der Waals surface area contributed by atoms with E-state index in [1.165, 1.54) is 44.9 Å². The summed E-state index contributed by atoms with van der Waals surface area (Å²) in [7, 11) is -4.65. The van der Waals surface area contributed by atoms with Crippen molar-refractivity contribution < 1.29 is 47.8 Å². The Morgan fingerprint density at radius 1 is 0.508 bits per heavy atom. The van der Waals surface area contributed by atoms with E-state index in [4.69, 9.17) is 19.1 Å². The van der Waals surface area contributed by atoms with Gasteiger partial charge in [-0.05, 0) is 96.3 Å². The number of unbranched alkanes of at least 4 members (excludes halogenated alkanes) is 10. The third kappa shape index (κ3) is 42.8. The molecule has 0 rings (SSSR count). The van der Waals surface area contributed by atoms with Crippen LogP contribution in [0.4, 0.5) is 0 Å². The zero-order valence-electron chi connectivity index (χ0n) is 36.4. The molecule has 3 atom stereocenters. The first-order valence-electron chi connectivity index (χ1n) is 22.2. The maximum absolute atomic E-state index is 12.6. The molecule has 0 heterocycles.